The Morgan fingerprint density at radius 1 is 1.03 bits per heavy atom. The van der Waals surface area contributed by atoms with E-state index in [4.69, 9.17) is 14.6 Å². The highest BCUT2D eigenvalue weighted by Gasteiger charge is 2.42. The average Bonchev–Trinajstić information content (AvgIpc) is 3.18. The number of alkyl carbamates (subject to hydrolysis) is 1. The lowest BCUT2D eigenvalue weighted by Crippen LogP contribution is -2.55. The highest BCUT2D eigenvalue weighted by molar-refractivity contribution is 5.88. The molecule has 1 atom stereocenters. The Hall–Kier alpha value is -3.43. The number of carbonyl (C=O) groups is 3. The Morgan fingerprint density at radius 3 is 2.18 bits per heavy atom. The topological polar surface area (TPSA) is 134 Å². The van der Waals surface area contributed by atoms with Gasteiger partial charge in [-0.25, -0.2) is 9.59 Å². The number of aliphatic carboxylic acids is 1. The van der Waals surface area contributed by atoms with Gasteiger partial charge < -0.3 is 30.3 Å². The molecular formula is C25H28N2O7. The second-order valence-corrected chi connectivity index (χ2v) is 8.62. The van der Waals surface area contributed by atoms with Gasteiger partial charge in [-0.15, -0.1) is 0 Å². The van der Waals surface area contributed by atoms with Crippen molar-refractivity contribution in [2.45, 2.75) is 24.8 Å². The summed E-state index contributed by atoms with van der Waals surface area (Å²) in [4.78, 5) is 36.7. The fourth-order valence-electron chi connectivity index (χ4n) is 4.63. The molecule has 0 bridgehead atoms. The first-order valence-electron chi connectivity index (χ1n) is 11.3. The second kappa shape index (κ2) is 10.2. The van der Waals surface area contributed by atoms with Crippen LogP contribution in [0.1, 0.15) is 29.9 Å². The van der Waals surface area contributed by atoms with Gasteiger partial charge in [0.25, 0.3) is 0 Å². The number of nitrogens with one attached hydrogen (secondary N) is 2. The van der Waals surface area contributed by atoms with Gasteiger partial charge in [0.1, 0.15) is 12.6 Å². The van der Waals surface area contributed by atoms with Crippen molar-refractivity contribution in [3.8, 4) is 11.1 Å². The predicted octanol–water partition coefficient (Wildman–Crippen LogP) is 1.88. The number of carboxylic acid groups (broad SMARTS) is 1. The van der Waals surface area contributed by atoms with E-state index < -0.39 is 36.0 Å². The minimum Gasteiger partial charge on any atom is -0.480 e. The molecule has 1 fully saturated rings. The molecule has 0 spiro atoms. The molecule has 34 heavy (non-hydrogen) atoms. The zero-order valence-corrected chi connectivity index (χ0v) is 18.7. The molecule has 2 aromatic rings. The van der Waals surface area contributed by atoms with Crippen LogP contribution in [-0.4, -0.2) is 67.2 Å². The molecule has 1 heterocycles. The summed E-state index contributed by atoms with van der Waals surface area (Å²) in [5, 5.41) is 23.4. The molecule has 0 radical (unpaired) electrons. The maximum atomic E-state index is 12.9. The number of hydrogen-bond donors (Lipinski definition) is 4. The fourth-order valence-corrected chi connectivity index (χ4v) is 4.63. The van der Waals surface area contributed by atoms with Gasteiger partial charge in [-0.2, -0.15) is 0 Å². The van der Waals surface area contributed by atoms with E-state index in [1.54, 1.807) is 0 Å². The van der Waals surface area contributed by atoms with E-state index in [9.17, 15) is 19.5 Å². The number of hydrogen-bond acceptors (Lipinski definition) is 6. The Morgan fingerprint density at radius 2 is 1.62 bits per heavy atom. The third-order valence-electron chi connectivity index (χ3n) is 6.63. The first kappa shape index (κ1) is 23.7. The molecule has 1 aliphatic heterocycles. The quantitative estimate of drug-likeness (QED) is 0.465. The van der Waals surface area contributed by atoms with Crippen molar-refractivity contribution in [2.75, 3.05) is 33.0 Å². The lowest BCUT2D eigenvalue weighted by molar-refractivity contribution is -0.146. The van der Waals surface area contributed by atoms with Crippen LogP contribution in [0, 0.1) is 5.41 Å². The van der Waals surface area contributed by atoms with Crippen molar-refractivity contribution in [3.63, 3.8) is 0 Å². The van der Waals surface area contributed by atoms with E-state index in [0.717, 1.165) is 22.3 Å². The summed E-state index contributed by atoms with van der Waals surface area (Å²) in [6.45, 7) is -0.00876. The summed E-state index contributed by atoms with van der Waals surface area (Å²) >= 11 is 0. The van der Waals surface area contributed by atoms with Crippen molar-refractivity contribution in [1.82, 2.24) is 10.6 Å². The monoisotopic (exact) mass is 468 g/mol. The van der Waals surface area contributed by atoms with Gasteiger partial charge >= 0.3 is 12.1 Å². The van der Waals surface area contributed by atoms with Crippen LogP contribution in [-0.2, 0) is 19.1 Å². The molecule has 4 rings (SSSR count). The van der Waals surface area contributed by atoms with Crippen molar-refractivity contribution in [3.05, 3.63) is 59.7 Å². The van der Waals surface area contributed by atoms with Crippen LogP contribution in [0.4, 0.5) is 4.79 Å². The number of rotatable bonds is 8. The first-order chi connectivity index (χ1) is 16.4. The number of benzene rings is 2. The summed E-state index contributed by atoms with van der Waals surface area (Å²) < 4.78 is 10.9. The number of aliphatic hydroxyl groups is 1. The minimum absolute atomic E-state index is 0.0311. The SMILES string of the molecule is O=C(NCC1(C(=O)NC(CO)C(=O)O)CCOCC1)OCC1c2ccccc2-c2ccccc21. The van der Waals surface area contributed by atoms with E-state index in [2.05, 4.69) is 22.8 Å². The largest absolute Gasteiger partial charge is 0.480 e. The summed E-state index contributed by atoms with van der Waals surface area (Å²) in [6, 6.07) is 14.6. The van der Waals surface area contributed by atoms with Crippen LogP contribution >= 0.6 is 0 Å². The molecule has 1 saturated heterocycles. The van der Waals surface area contributed by atoms with Crippen LogP contribution in [0.2, 0.25) is 0 Å². The number of carbonyl (C=O) groups excluding carboxylic acids is 2. The third-order valence-corrected chi connectivity index (χ3v) is 6.63. The van der Waals surface area contributed by atoms with E-state index in [1.165, 1.54) is 0 Å². The number of fused-ring (bicyclic) bond motifs is 3. The van der Waals surface area contributed by atoms with Gasteiger partial charge in [-0.3, -0.25) is 4.79 Å². The summed E-state index contributed by atoms with van der Waals surface area (Å²) in [7, 11) is 0. The van der Waals surface area contributed by atoms with Gasteiger partial charge in [0.2, 0.25) is 5.91 Å². The molecule has 2 aliphatic rings. The van der Waals surface area contributed by atoms with Crippen molar-refractivity contribution in [1.29, 1.82) is 0 Å². The summed E-state index contributed by atoms with van der Waals surface area (Å²) in [6.07, 6.45) is -0.0435. The molecule has 4 N–H and O–H groups in total. The highest BCUT2D eigenvalue weighted by Crippen LogP contribution is 2.44. The normalized spacial score (nSPS) is 17.2. The first-order valence-corrected chi connectivity index (χ1v) is 11.3. The summed E-state index contributed by atoms with van der Waals surface area (Å²) in [5.41, 5.74) is 3.40. The third kappa shape index (κ3) is 4.76. The van der Waals surface area contributed by atoms with Crippen molar-refractivity contribution >= 4 is 18.0 Å². The van der Waals surface area contributed by atoms with Crippen LogP contribution in [0.25, 0.3) is 11.1 Å². The van der Waals surface area contributed by atoms with Crippen molar-refractivity contribution < 1.29 is 34.1 Å². The van der Waals surface area contributed by atoms with E-state index >= 15 is 0 Å². The Balaban J connectivity index is 1.39. The number of ether oxygens (including phenoxy) is 2. The summed E-state index contributed by atoms with van der Waals surface area (Å²) in [5.74, 6) is -1.96. The fraction of sp³-hybridized carbons (Fsp3) is 0.400. The smallest absolute Gasteiger partial charge is 0.407 e. The van der Waals surface area contributed by atoms with Crippen LogP contribution in [0.5, 0.6) is 0 Å². The average molecular weight is 469 g/mol. The van der Waals surface area contributed by atoms with E-state index in [1.807, 2.05) is 36.4 Å². The maximum Gasteiger partial charge on any atom is 0.407 e. The van der Waals surface area contributed by atoms with Crippen molar-refractivity contribution in [2.24, 2.45) is 5.41 Å². The molecule has 9 nitrogen and oxygen atoms in total. The van der Waals surface area contributed by atoms with Gasteiger partial charge in [0, 0.05) is 25.7 Å². The molecule has 1 unspecified atom stereocenters. The zero-order valence-electron chi connectivity index (χ0n) is 18.7. The van der Waals surface area contributed by atoms with Gasteiger partial charge in [0.15, 0.2) is 0 Å². The molecule has 1 aliphatic carbocycles. The number of amides is 2. The van der Waals surface area contributed by atoms with Crippen LogP contribution in [0.15, 0.2) is 48.5 Å². The van der Waals surface area contributed by atoms with E-state index in [-0.39, 0.29) is 19.1 Å². The molecular weight excluding hydrogens is 440 g/mol. The van der Waals surface area contributed by atoms with E-state index in [0.29, 0.717) is 26.1 Å². The predicted molar refractivity (Wildman–Crippen MR) is 122 cm³/mol. The number of aliphatic hydroxyl groups excluding tert-OH is 1. The van der Waals surface area contributed by atoms with Gasteiger partial charge in [-0.1, -0.05) is 48.5 Å². The molecule has 0 saturated carbocycles. The maximum absolute atomic E-state index is 12.9. The minimum atomic E-state index is -1.42. The Bertz CT molecular complexity index is 1020. The lowest BCUT2D eigenvalue weighted by atomic mass is 9.79. The van der Waals surface area contributed by atoms with Crippen LogP contribution < -0.4 is 10.6 Å². The molecule has 2 aromatic carbocycles. The van der Waals surface area contributed by atoms with Gasteiger partial charge in [0.05, 0.1) is 12.0 Å². The van der Waals surface area contributed by atoms with Crippen LogP contribution in [0.3, 0.4) is 0 Å². The zero-order chi connectivity index (χ0) is 24.1. The second-order valence-electron chi connectivity index (χ2n) is 8.62. The highest BCUT2D eigenvalue weighted by atomic mass is 16.5. The Labute approximate surface area is 197 Å². The molecule has 9 heteroatoms. The Kier molecular flexibility index (Phi) is 7.14. The lowest BCUT2D eigenvalue weighted by Gasteiger charge is -2.36. The molecule has 0 aromatic heterocycles. The molecule has 180 valence electrons. The van der Waals surface area contributed by atoms with Gasteiger partial charge in [-0.05, 0) is 35.1 Å². The number of carboxylic acids is 1. The standard InChI is InChI=1S/C25H28N2O7/c28-13-21(22(29)30)27-23(31)25(9-11-33-12-10-25)15-26-24(32)34-14-20-18-7-3-1-5-16(18)17-6-2-4-8-19(17)20/h1-8,20-21,28H,9-15H2,(H,26,32)(H,27,31)(H,29,30). The molecule has 2 amide bonds.